The Morgan fingerprint density at radius 3 is 2.31 bits per heavy atom. The monoisotopic (exact) mass is 425 g/mol. The number of aryl methyl sites for hydroxylation is 1. The normalized spacial score (nSPS) is 15.8. The van der Waals surface area contributed by atoms with Gasteiger partial charge in [-0.2, -0.15) is 4.31 Å². The summed E-state index contributed by atoms with van der Waals surface area (Å²) in [5, 5.41) is 4.97. The van der Waals surface area contributed by atoms with E-state index in [0.29, 0.717) is 37.6 Å². The SMILES string of the molecule is CCCCNC(=O)NC(=O)C[NH+]1CCN(S(=O)(=O)c2ccc(CCC)cc2)CC1. The van der Waals surface area contributed by atoms with Gasteiger partial charge in [0, 0.05) is 6.54 Å². The maximum atomic E-state index is 12.8. The molecule has 1 heterocycles. The van der Waals surface area contributed by atoms with Gasteiger partial charge in [-0.05, 0) is 30.5 Å². The lowest BCUT2D eigenvalue weighted by Crippen LogP contribution is -3.15. The predicted molar refractivity (Wildman–Crippen MR) is 111 cm³/mol. The van der Waals surface area contributed by atoms with Crippen LogP contribution >= 0.6 is 0 Å². The molecule has 0 aromatic heterocycles. The summed E-state index contributed by atoms with van der Waals surface area (Å²) < 4.78 is 27.2. The summed E-state index contributed by atoms with van der Waals surface area (Å²) in [7, 11) is -3.52. The van der Waals surface area contributed by atoms with E-state index in [1.165, 1.54) is 4.31 Å². The molecule has 0 unspecified atom stereocenters. The van der Waals surface area contributed by atoms with E-state index in [1.54, 1.807) is 12.1 Å². The number of hydrogen-bond acceptors (Lipinski definition) is 4. The van der Waals surface area contributed by atoms with E-state index in [1.807, 2.05) is 19.1 Å². The first-order valence-corrected chi connectivity index (χ1v) is 11.8. The highest BCUT2D eigenvalue weighted by molar-refractivity contribution is 7.89. The molecular weight excluding hydrogens is 392 g/mol. The molecule has 3 N–H and O–H groups in total. The van der Waals surface area contributed by atoms with Crippen molar-refractivity contribution in [1.82, 2.24) is 14.9 Å². The first kappa shape index (κ1) is 23.3. The Hall–Kier alpha value is -1.97. The van der Waals surface area contributed by atoms with Crippen LogP contribution in [0.1, 0.15) is 38.7 Å². The number of nitrogens with one attached hydrogen (secondary N) is 3. The molecule has 0 bridgehead atoms. The molecule has 1 aromatic carbocycles. The topological polar surface area (TPSA) is 100 Å². The summed E-state index contributed by atoms with van der Waals surface area (Å²) >= 11 is 0. The Kier molecular flexibility index (Phi) is 9.06. The van der Waals surface area contributed by atoms with E-state index >= 15 is 0 Å². The number of nitrogens with zero attached hydrogens (tertiary/aromatic N) is 1. The lowest BCUT2D eigenvalue weighted by atomic mass is 10.1. The Morgan fingerprint density at radius 2 is 1.72 bits per heavy atom. The highest BCUT2D eigenvalue weighted by Gasteiger charge is 2.31. The Balaban J connectivity index is 1.81. The number of urea groups is 1. The Bertz CT molecular complexity index is 772. The maximum absolute atomic E-state index is 12.8. The average molecular weight is 426 g/mol. The highest BCUT2D eigenvalue weighted by Crippen LogP contribution is 2.17. The van der Waals surface area contributed by atoms with Crippen LogP contribution in [-0.2, 0) is 21.2 Å². The molecule has 1 aromatic rings. The fourth-order valence-electron chi connectivity index (χ4n) is 3.31. The van der Waals surface area contributed by atoms with Gasteiger partial charge in [-0.1, -0.05) is 38.8 Å². The van der Waals surface area contributed by atoms with Crippen LogP contribution in [0.4, 0.5) is 4.79 Å². The molecule has 9 heteroatoms. The van der Waals surface area contributed by atoms with Crippen LogP contribution in [-0.4, -0.2) is 63.9 Å². The molecule has 2 rings (SSSR count). The summed E-state index contributed by atoms with van der Waals surface area (Å²) in [4.78, 5) is 24.9. The van der Waals surface area contributed by atoms with E-state index in [-0.39, 0.29) is 12.5 Å². The zero-order valence-corrected chi connectivity index (χ0v) is 18.2. The number of quaternary nitrogens is 1. The maximum Gasteiger partial charge on any atom is 0.321 e. The van der Waals surface area contributed by atoms with Gasteiger partial charge in [0.25, 0.3) is 5.91 Å². The molecule has 1 aliphatic rings. The lowest BCUT2D eigenvalue weighted by Gasteiger charge is -2.31. The zero-order valence-electron chi connectivity index (χ0n) is 17.4. The largest absolute Gasteiger partial charge is 0.338 e. The van der Waals surface area contributed by atoms with Crippen molar-refractivity contribution in [3.05, 3.63) is 29.8 Å². The fraction of sp³-hybridized carbons (Fsp3) is 0.600. The quantitative estimate of drug-likeness (QED) is 0.491. The number of carbonyl (C=O) groups excluding carboxylic acids is 2. The van der Waals surface area contributed by atoms with Crippen molar-refractivity contribution in [2.75, 3.05) is 39.3 Å². The Labute approximate surface area is 173 Å². The van der Waals surface area contributed by atoms with Crippen molar-refractivity contribution >= 4 is 22.0 Å². The molecule has 0 spiro atoms. The molecule has 0 saturated carbocycles. The number of hydrogen-bond donors (Lipinski definition) is 3. The van der Waals surface area contributed by atoms with Gasteiger partial charge in [0.2, 0.25) is 10.0 Å². The van der Waals surface area contributed by atoms with Gasteiger partial charge < -0.3 is 10.2 Å². The number of piperazine rings is 1. The average Bonchev–Trinajstić information content (AvgIpc) is 2.69. The first-order chi connectivity index (χ1) is 13.9. The molecule has 3 amide bonds. The Morgan fingerprint density at radius 1 is 1.07 bits per heavy atom. The summed E-state index contributed by atoms with van der Waals surface area (Å²) in [5.74, 6) is -0.350. The van der Waals surface area contributed by atoms with Gasteiger partial charge in [-0.3, -0.25) is 10.1 Å². The molecule has 1 fully saturated rings. The second kappa shape index (κ2) is 11.3. The first-order valence-electron chi connectivity index (χ1n) is 10.4. The third kappa shape index (κ3) is 7.09. The number of unbranched alkanes of at least 4 members (excludes halogenated alkanes) is 1. The smallest absolute Gasteiger partial charge is 0.321 e. The van der Waals surface area contributed by atoms with E-state index in [2.05, 4.69) is 17.6 Å². The number of amides is 3. The second-order valence-electron chi connectivity index (χ2n) is 7.38. The van der Waals surface area contributed by atoms with Gasteiger partial charge in [0.05, 0.1) is 31.1 Å². The molecule has 8 nitrogen and oxygen atoms in total. The van der Waals surface area contributed by atoms with Crippen molar-refractivity contribution in [1.29, 1.82) is 0 Å². The standard InChI is InChI=1S/C20H32N4O4S/c1-3-5-11-21-20(26)22-19(25)16-23-12-14-24(15-13-23)29(27,28)18-9-7-17(6-4-2)8-10-18/h7-10H,3-6,11-16H2,1-2H3,(H2,21,22,25,26)/p+1. The number of carbonyl (C=O) groups is 2. The summed E-state index contributed by atoms with van der Waals surface area (Å²) in [6, 6.07) is 6.60. The van der Waals surface area contributed by atoms with Gasteiger partial charge in [-0.25, -0.2) is 13.2 Å². The summed E-state index contributed by atoms with van der Waals surface area (Å²) in [6.45, 7) is 6.56. The minimum atomic E-state index is -3.52. The van der Waals surface area contributed by atoms with Crippen LogP contribution in [0.15, 0.2) is 29.2 Å². The van der Waals surface area contributed by atoms with Crippen molar-refractivity contribution in [3.63, 3.8) is 0 Å². The number of benzene rings is 1. The van der Waals surface area contributed by atoms with Crippen LogP contribution in [0.5, 0.6) is 0 Å². The van der Waals surface area contributed by atoms with Crippen LogP contribution < -0.4 is 15.5 Å². The molecule has 1 saturated heterocycles. The van der Waals surface area contributed by atoms with E-state index in [4.69, 9.17) is 0 Å². The zero-order chi connectivity index (χ0) is 21.3. The van der Waals surface area contributed by atoms with Gasteiger partial charge in [-0.15, -0.1) is 0 Å². The van der Waals surface area contributed by atoms with Crippen LogP contribution in [0, 0.1) is 0 Å². The van der Waals surface area contributed by atoms with E-state index < -0.39 is 16.1 Å². The molecule has 0 aliphatic carbocycles. The lowest BCUT2D eigenvalue weighted by molar-refractivity contribution is -0.895. The minimum Gasteiger partial charge on any atom is -0.338 e. The van der Waals surface area contributed by atoms with E-state index in [9.17, 15) is 18.0 Å². The molecular formula is C20H33N4O4S+. The van der Waals surface area contributed by atoms with Crippen LogP contribution in [0.3, 0.4) is 0 Å². The molecule has 162 valence electrons. The fourth-order valence-corrected chi connectivity index (χ4v) is 4.75. The molecule has 1 aliphatic heterocycles. The highest BCUT2D eigenvalue weighted by atomic mass is 32.2. The van der Waals surface area contributed by atoms with Crippen molar-refractivity contribution in [2.45, 2.75) is 44.4 Å². The van der Waals surface area contributed by atoms with Crippen LogP contribution in [0.25, 0.3) is 0 Å². The number of sulfonamides is 1. The van der Waals surface area contributed by atoms with Crippen molar-refractivity contribution in [2.24, 2.45) is 0 Å². The van der Waals surface area contributed by atoms with Gasteiger partial charge in [0.15, 0.2) is 6.54 Å². The van der Waals surface area contributed by atoms with Crippen molar-refractivity contribution < 1.29 is 22.9 Å². The minimum absolute atomic E-state index is 0.154. The predicted octanol–water partition coefficient (Wildman–Crippen LogP) is 0.154. The third-order valence-electron chi connectivity index (χ3n) is 5.01. The third-order valence-corrected chi connectivity index (χ3v) is 6.92. The molecule has 0 atom stereocenters. The van der Waals surface area contributed by atoms with E-state index in [0.717, 1.165) is 36.1 Å². The second-order valence-corrected chi connectivity index (χ2v) is 9.32. The van der Waals surface area contributed by atoms with Gasteiger partial charge in [0.1, 0.15) is 0 Å². The number of imide groups is 1. The summed E-state index contributed by atoms with van der Waals surface area (Å²) in [6.07, 6.45) is 3.78. The van der Waals surface area contributed by atoms with Gasteiger partial charge >= 0.3 is 6.03 Å². The number of rotatable bonds is 9. The van der Waals surface area contributed by atoms with Crippen LogP contribution in [0.2, 0.25) is 0 Å². The van der Waals surface area contributed by atoms with Crippen molar-refractivity contribution in [3.8, 4) is 0 Å². The molecule has 0 radical (unpaired) electrons. The summed E-state index contributed by atoms with van der Waals surface area (Å²) in [5.41, 5.74) is 1.13. The molecule has 29 heavy (non-hydrogen) atoms.